The van der Waals surface area contributed by atoms with E-state index in [1.54, 1.807) is 51.7 Å². The highest BCUT2D eigenvalue weighted by molar-refractivity contribution is 5.90. The molecule has 0 spiro atoms. The molecule has 2 aromatic rings. The summed E-state index contributed by atoms with van der Waals surface area (Å²) in [5, 5.41) is 2.87. The van der Waals surface area contributed by atoms with Crippen LogP contribution in [0, 0.1) is 0 Å². The Balaban J connectivity index is 1.97. The van der Waals surface area contributed by atoms with Crippen molar-refractivity contribution in [3.63, 3.8) is 0 Å². The highest BCUT2D eigenvalue weighted by Crippen LogP contribution is 2.40. The molecule has 7 nitrogen and oxygen atoms in total. The van der Waals surface area contributed by atoms with Gasteiger partial charge < -0.3 is 30.0 Å². The Morgan fingerprint density at radius 1 is 0.963 bits per heavy atom. The van der Waals surface area contributed by atoms with Crippen LogP contribution >= 0.6 is 0 Å². The zero-order chi connectivity index (χ0) is 19.6. The average molecular weight is 374 g/mol. The van der Waals surface area contributed by atoms with Crippen LogP contribution in [-0.2, 0) is 11.2 Å². The first-order valence-electron chi connectivity index (χ1n) is 8.63. The molecule has 0 saturated carbocycles. The molecular formula is C20H26N2O5. The molecule has 1 amide bonds. The van der Waals surface area contributed by atoms with Gasteiger partial charge in [-0.25, -0.2) is 0 Å². The summed E-state index contributed by atoms with van der Waals surface area (Å²) in [6, 6.07) is 10.8. The van der Waals surface area contributed by atoms with Crippen LogP contribution in [0.15, 0.2) is 36.4 Å². The SMILES string of the molecule is COc1ccc(CCC(=O)Nc2ccc(OCCN)cc2)c(OC)c1OC. The molecular weight excluding hydrogens is 348 g/mol. The van der Waals surface area contributed by atoms with E-state index in [0.29, 0.717) is 54.7 Å². The van der Waals surface area contributed by atoms with Gasteiger partial charge in [-0.05, 0) is 42.3 Å². The smallest absolute Gasteiger partial charge is 0.224 e. The topological polar surface area (TPSA) is 92.0 Å². The fourth-order valence-electron chi connectivity index (χ4n) is 2.64. The lowest BCUT2D eigenvalue weighted by Gasteiger charge is -2.15. The summed E-state index contributed by atoms with van der Waals surface area (Å²) in [6.07, 6.45) is 0.810. The first-order valence-corrected chi connectivity index (χ1v) is 8.63. The number of carbonyl (C=O) groups is 1. The third-order valence-electron chi connectivity index (χ3n) is 3.93. The lowest BCUT2D eigenvalue weighted by Crippen LogP contribution is -2.13. The third-order valence-corrected chi connectivity index (χ3v) is 3.93. The van der Waals surface area contributed by atoms with Gasteiger partial charge in [0.2, 0.25) is 11.7 Å². The maximum atomic E-state index is 12.3. The summed E-state index contributed by atoms with van der Waals surface area (Å²) in [6.45, 7) is 0.914. The van der Waals surface area contributed by atoms with E-state index in [2.05, 4.69) is 5.32 Å². The first kappa shape index (κ1) is 20.4. The number of hydrogen-bond donors (Lipinski definition) is 2. The maximum absolute atomic E-state index is 12.3. The summed E-state index contributed by atoms with van der Waals surface area (Å²) in [4.78, 5) is 12.3. The molecule has 0 radical (unpaired) electrons. The maximum Gasteiger partial charge on any atom is 0.224 e. The fourth-order valence-corrected chi connectivity index (χ4v) is 2.64. The van der Waals surface area contributed by atoms with Crippen LogP contribution < -0.4 is 30.0 Å². The number of ether oxygens (including phenoxy) is 4. The molecule has 0 atom stereocenters. The number of hydrogen-bond acceptors (Lipinski definition) is 6. The minimum Gasteiger partial charge on any atom is -0.493 e. The van der Waals surface area contributed by atoms with Gasteiger partial charge in [-0.2, -0.15) is 0 Å². The van der Waals surface area contributed by atoms with Gasteiger partial charge in [0.15, 0.2) is 11.5 Å². The Morgan fingerprint density at radius 2 is 1.67 bits per heavy atom. The van der Waals surface area contributed by atoms with E-state index >= 15 is 0 Å². The van der Waals surface area contributed by atoms with Crippen LogP contribution in [-0.4, -0.2) is 40.4 Å². The molecule has 0 fully saturated rings. The van der Waals surface area contributed by atoms with Crippen LogP contribution in [0.2, 0.25) is 0 Å². The number of anilines is 1. The van der Waals surface area contributed by atoms with Crippen molar-refractivity contribution in [3.05, 3.63) is 42.0 Å². The van der Waals surface area contributed by atoms with Crippen molar-refractivity contribution in [2.75, 3.05) is 39.8 Å². The second kappa shape index (κ2) is 10.3. The normalized spacial score (nSPS) is 10.2. The zero-order valence-corrected chi connectivity index (χ0v) is 15.9. The predicted octanol–water partition coefficient (Wildman–Crippen LogP) is 2.62. The van der Waals surface area contributed by atoms with Crippen molar-refractivity contribution < 1.29 is 23.7 Å². The van der Waals surface area contributed by atoms with Crippen molar-refractivity contribution in [2.45, 2.75) is 12.8 Å². The Kier molecular flexibility index (Phi) is 7.76. The molecule has 146 valence electrons. The van der Waals surface area contributed by atoms with Crippen LogP contribution in [0.1, 0.15) is 12.0 Å². The van der Waals surface area contributed by atoms with E-state index in [0.717, 1.165) is 5.56 Å². The van der Waals surface area contributed by atoms with E-state index in [9.17, 15) is 4.79 Å². The number of amides is 1. The number of aryl methyl sites for hydroxylation is 1. The fraction of sp³-hybridized carbons (Fsp3) is 0.350. The monoisotopic (exact) mass is 374 g/mol. The third kappa shape index (κ3) is 5.52. The molecule has 0 heterocycles. The molecule has 0 unspecified atom stereocenters. The molecule has 2 aromatic carbocycles. The van der Waals surface area contributed by atoms with E-state index in [4.69, 9.17) is 24.7 Å². The van der Waals surface area contributed by atoms with Gasteiger partial charge in [-0.15, -0.1) is 0 Å². The van der Waals surface area contributed by atoms with E-state index in [-0.39, 0.29) is 5.91 Å². The van der Waals surface area contributed by atoms with E-state index in [1.807, 2.05) is 6.07 Å². The van der Waals surface area contributed by atoms with Crippen LogP contribution in [0.4, 0.5) is 5.69 Å². The van der Waals surface area contributed by atoms with E-state index < -0.39 is 0 Å². The quantitative estimate of drug-likeness (QED) is 0.664. The molecule has 0 aliphatic heterocycles. The standard InChI is InChI=1S/C20H26N2O5/c1-24-17-10-4-14(19(25-2)20(17)26-3)5-11-18(23)22-15-6-8-16(9-7-15)27-13-12-21/h4,6-10H,5,11-13,21H2,1-3H3,(H,22,23). The Morgan fingerprint density at radius 3 is 2.26 bits per heavy atom. The Bertz CT molecular complexity index is 747. The van der Waals surface area contributed by atoms with E-state index in [1.165, 1.54) is 0 Å². The Hall–Kier alpha value is -2.93. The molecule has 0 aliphatic rings. The predicted molar refractivity (Wildman–Crippen MR) is 104 cm³/mol. The van der Waals surface area contributed by atoms with Crippen molar-refractivity contribution in [1.82, 2.24) is 0 Å². The van der Waals surface area contributed by atoms with Gasteiger partial charge in [0.1, 0.15) is 12.4 Å². The van der Waals surface area contributed by atoms with Crippen LogP contribution in [0.3, 0.4) is 0 Å². The van der Waals surface area contributed by atoms with Crippen molar-refractivity contribution in [3.8, 4) is 23.0 Å². The minimum atomic E-state index is -0.0949. The molecule has 3 N–H and O–H groups in total. The highest BCUT2D eigenvalue weighted by atomic mass is 16.5. The second-order valence-corrected chi connectivity index (χ2v) is 5.70. The Labute approximate surface area is 159 Å². The second-order valence-electron chi connectivity index (χ2n) is 5.70. The zero-order valence-electron chi connectivity index (χ0n) is 15.9. The summed E-state index contributed by atoms with van der Waals surface area (Å²) in [5.74, 6) is 2.30. The largest absolute Gasteiger partial charge is 0.493 e. The number of rotatable bonds is 10. The number of methoxy groups -OCH3 is 3. The van der Waals surface area contributed by atoms with Gasteiger partial charge in [0.25, 0.3) is 0 Å². The van der Waals surface area contributed by atoms with Crippen molar-refractivity contribution in [1.29, 1.82) is 0 Å². The average Bonchev–Trinajstić information content (AvgIpc) is 2.70. The molecule has 2 rings (SSSR count). The summed E-state index contributed by atoms with van der Waals surface area (Å²) in [5.41, 5.74) is 6.98. The van der Waals surface area contributed by atoms with Crippen LogP contribution in [0.5, 0.6) is 23.0 Å². The van der Waals surface area contributed by atoms with Gasteiger partial charge in [0.05, 0.1) is 21.3 Å². The first-order chi connectivity index (χ1) is 13.1. The highest BCUT2D eigenvalue weighted by Gasteiger charge is 2.16. The van der Waals surface area contributed by atoms with Crippen molar-refractivity contribution in [2.24, 2.45) is 5.73 Å². The van der Waals surface area contributed by atoms with Crippen LogP contribution in [0.25, 0.3) is 0 Å². The minimum absolute atomic E-state index is 0.0949. The molecule has 0 saturated heterocycles. The van der Waals surface area contributed by atoms with Gasteiger partial charge >= 0.3 is 0 Å². The van der Waals surface area contributed by atoms with Gasteiger partial charge in [0, 0.05) is 18.7 Å². The number of nitrogens with one attached hydrogen (secondary N) is 1. The van der Waals surface area contributed by atoms with Crippen molar-refractivity contribution >= 4 is 11.6 Å². The lowest BCUT2D eigenvalue weighted by molar-refractivity contribution is -0.116. The molecule has 7 heteroatoms. The lowest BCUT2D eigenvalue weighted by atomic mass is 10.1. The number of nitrogens with two attached hydrogens (primary N) is 1. The molecule has 27 heavy (non-hydrogen) atoms. The summed E-state index contributed by atoms with van der Waals surface area (Å²) >= 11 is 0. The van der Waals surface area contributed by atoms with Gasteiger partial charge in [-0.1, -0.05) is 6.07 Å². The van der Waals surface area contributed by atoms with Gasteiger partial charge in [-0.3, -0.25) is 4.79 Å². The molecule has 0 aliphatic carbocycles. The summed E-state index contributed by atoms with van der Waals surface area (Å²) < 4.78 is 21.5. The molecule has 0 bridgehead atoms. The number of benzene rings is 2. The molecule has 0 aromatic heterocycles. The summed E-state index contributed by atoms with van der Waals surface area (Å²) in [7, 11) is 4.68. The number of carbonyl (C=O) groups excluding carboxylic acids is 1.